The molecule has 1 heterocycles. The maximum Gasteiger partial charge on any atom is 0.222 e. The summed E-state index contributed by atoms with van der Waals surface area (Å²) in [6.45, 7) is 4.75. The molecule has 1 rings (SSSR count). The van der Waals surface area contributed by atoms with E-state index in [-0.39, 0.29) is 17.9 Å². The number of hydrogen-bond donors (Lipinski definition) is 2. The van der Waals surface area contributed by atoms with Gasteiger partial charge in [-0.05, 0) is 13.0 Å². The first-order chi connectivity index (χ1) is 6.11. The van der Waals surface area contributed by atoms with Crippen molar-refractivity contribution in [3.63, 3.8) is 0 Å². The molecule has 1 aliphatic heterocycles. The highest BCUT2D eigenvalue weighted by Crippen LogP contribution is 2.08. The summed E-state index contributed by atoms with van der Waals surface area (Å²) in [5.74, 6) is -0.128. The van der Waals surface area contributed by atoms with Crippen LogP contribution in [-0.4, -0.2) is 31.2 Å². The third kappa shape index (κ3) is 2.95. The zero-order valence-corrected chi connectivity index (χ0v) is 8.14. The number of rotatable bonds is 2. The molecule has 0 aromatic heterocycles. The van der Waals surface area contributed by atoms with Crippen molar-refractivity contribution in [2.24, 2.45) is 5.92 Å². The summed E-state index contributed by atoms with van der Waals surface area (Å²) in [5, 5.41) is 5.65. The molecule has 1 amide bonds. The van der Waals surface area contributed by atoms with Crippen LogP contribution in [0.25, 0.3) is 0 Å². The fourth-order valence-corrected chi connectivity index (χ4v) is 1.33. The molecule has 0 saturated carbocycles. The van der Waals surface area contributed by atoms with Gasteiger partial charge in [-0.15, -0.1) is 0 Å². The maximum atomic E-state index is 13.2. The highest BCUT2D eigenvalue weighted by Gasteiger charge is 2.26. The second-order valence-corrected chi connectivity index (χ2v) is 3.78. The molecule has 1 aliphatic rings. The summed E-state index contributed by atoms with van der Waals surface area (Å²) in [7, 11) is 0. The van der Waals surface area contributed by atoms with Gasteiger partial charge < -0.3 is 10.6 Å². The predicted octanol–water partition coefficient (Wildman–Crippen LogP) is 0.459. The first-order valence-electron chi connectivity index (χ1n) is 4.76. The van der Waals surface area contributed by atoms with Crippen LogP contribution in [0.4, 0.5) is 4.39 Å². The Balaban J connectivity index is 2.38. The van der Waals surface area contributed by atoms with Crippen molar-refractivity contribution in [1.82, 2.24) is 10.6 Å². The molecule has 4 heteroatoms. The number of alkyl halides is 1. The van der Waals surface area contributed by atoms with Crippen LogP contribution in [0.15, 0.2) is 0 Å². The monoisotopic (exact) mass is 188 g/mol. The minimum absolute atomic E-state index is 0.0606. The van der Waals surface area contributed by atoms with Gasteiger partial charge in [-0.25, -0.2) is 4.39 Å². The molecule has 2 N–H and O–H groups in total. The molecule has 0 radical (unpaired) electrons. The second-order valence-electron chi connectivity index (χ2n) is 3.78. The highest BCUT2D eigenvalue weighted by molar-refractivity contribution is 5.78. The number of hydrogen-bond acceptors (Lipinski definition) is 2. The van der Waals surface area contributed by atoms with E-state index in [1.165, 1.54) is 0 Å². The van der Waals surface area contributed by atoms with Gasteiger partial charge in [-0.1, -0.05) is 13.8 Å². The average Bonchev–Trinajstić information content (AvgIpc) is 2.08. The van der Waals surface area contributed by atoms with Crippen molar-refractivity contribution in [3.8, 4) is 0 Å². The molecule has 2 atom stereocenters. The Morgan fingerprint density at radius 1 is 1.62 bits per heavy atom. The van der Waals surface area contributed by atoms with Gasteiger partial charge in [0.25, 0.3) is 0 Å². The Labute approximate surface area is 78.1 Å². The number of halogens is 1. The lowest BCUT2D eigenvalue weighted by Crippen LogP contribution is -2.51. The number of carbonyl (C=O) groups is 1. The summed E-state index contributed by atoms with van der Waals surface area (Å²) >= 11 is 0. The molecule has 0 aliphatic carbocycles. The number of amides is 1. The topological polar surface area (TPSA) is 41.1 Å². The zero-order valence-electron chi connectivity index (χ0n) is 8.14. The minimum Gasteiger partial charge on any atom is -0.350 e. The van der Waals surface area contributed by atoms with Gasteiger partial charge in [0.1, 0.15) is 6.17 Å². The number of nitrogens with one attached hydrogen (secondary N) is 2. The van der Waals surface area contributed by atoms with Crippen molar-refractivity contribution >= 4 is 5.91 Å². The van der Waals surface area contributed by atoms with E-state index < -0.39 is 6.17 Å². The van der Waals surface area contributed by atoms with Crippen LogP contribution in [-0.2, 0) is 4.79 Å². The van der Waals surface area contributed by atoms with Crippen LogP contribution < -0.4 is 10.6 Å². The molecule has 13 heavy (non-hydrogen) atoms. The first kappa shape index (κ1) is 10.4. The standard InChI is InChI=1S/C9H17FN2O/c1-6(2)9(13)12-8-3-4-11-5-7(8)10/h6-8,11H,3-5H2,1-2H3,(H,12,13). The van der Waals surface area contributed by atoms with Gasteiger partial charge in [0.2, 0.25) is 5.91 Å². The molecule has 1 fully saturated rings. The Morgan fingerprint density at radius 2 is 2.31 bits per heavy atom. The Hall–Kier alpha value is -0.640. The lowest BCUT2D eigenvalue weighted by Gasteiger charge is -2.28. The van der Waals surface area contributed by atoms with Gasteiger partial charge in [0, 0.05) is 12.5 Å². The van der Waals surface area contributed by atoms with Gasteiger partial charge in [-0.2, -0.15) is 0 Å². The normalized spacial score (nSPS) is 28.9. The van der Waals surface area contributed by atoms with Crippen molar-refractivity contribution in [2.75, 3.05) is 13.1 Å². The van der Waals surface area contributed by atoms with E-state index in [4.69, 9.17) is 0 Å². The molecule has 3 nitrogen and oxygen atoms in total. The van der Waals surface area contributed by atoms with E-state index in [9.17, 15) is 9.18 Å². The van der Waals surface area contributed by atoms with Crippen LogP contribution in [0, 0.1) is 5.92 Å². The molecular formula is C9H17FN2O. The quantitative estimate of drug-likeness (QED) is 0.661. The van der Waals surface area contributed by atoms with E-state index in [0.29, 0.717) is 13.0 Å². The van der Waals surface area contributed by atoms with Crippen molar-refractivity contribution in [1.29, 1.82) is 0 Å². The third-order valence-electron chi connectivity index (χ3n) is 2.26. The number of carbonyl (C=O) groups excluding carboxylic acids is 1. The van der Waals surface area contributed by atoms with E-state index in [2.05, 4.69) is 10.6 Å². The zero-order chi connectivity index (χ0) is 9.84. The van der Waals surface area contributed by atoms with Crippen LogP contribution in [0.3, 0.4) is 0 Å². The Morgan fingerprint density at radius 3 is 2.85 bits per heavy atom. The summed E-state index contributed by atoms with van der Waals surface area (Å²) < 4.78 is 13.2. The molecule has 1 saturated heterocycles. The predicted molar refractivity (Wildman–Crippen MR) is 49.2 cm³/mol. The van der Waals surface area contributed by atoms with Crippen molar-refractivity contribution < 1.29 is 9.18 Å². The van der Waals surface area contributed by atoms with E-state index in [0.717, 1.165) is 6.54 Å². The SMILES string of the molecule is CC(C)C(=O)NC1CCNCC1F. The molecular weight excluding hydrogens is 171 g/mol. The molecule has 2 unspecified atom stereocenters. The van der Waals surface area contributed by atoms with Gasteiger partial charge in [-0.3, -0.25) is 4.79 Å². The molecule has 0 aromatic carbocycles. The molecule has 0 aromatic rings. The average molecular weight is 188 g/mol. The second kappa shape index (κ2) is 4.56. The van der Waals surface area contributed by atoms with E-state index in [1.54, 1.807) is 0 Å². The summed E-state index contributed by atoms with van der Waals surface area (Å²) in [5.41, 5.74) is 0. The van der Waals surface area contributed by atoms with Crippen LogP contribution in [0.1, 0.15) is 20.3 Å². The largest absolute Gasteiger partial charge is 0.350 e. The lowest BCUT2D eigenvalue weighted by molar-refractivity contribution is -0.125. The summed E-state index contributed by atoms with van der Waals surface area (Å²) in [4.78, 5) is 11.3. The van der Waals surface area contributed by atoms with Crippen LogP contribution in [0.2, 0.25) is 0 Å². The summed E-state index contributed by atoms with van der Waals surface area (Å²) in [6, 6.07) is -0.295. The van der Waals surface area contributed by atoms with Gasteiger partial charge in [0.05, 0.1) is 6.04 Å². The Kier molecular flexibility index (Phi) is 3.66. The van der Waals surface area contributed by atoms with Crippen molar-refractivity contribution in [2.45, 2.75) is 32.5 Å². The van der Waals surface area contributed by atoms with Crippen LogP contribution >= 0.6 is 0 Å². The van der Waals surface area contributed by atoms with Gasteiger partial charge in [0.15, 0.2) is 0 Å². The number of piperidine rings is 1. The van der Waals surface area contributed by atoms with Gasteiger partial charge >= 0.3 is 0 Å². The Bertz CT molecular complexity index is 184. The summed E-state index contributed by atoms with van der Waals surface area (Å²) in [6.07, 6.45) is -0.268. The minimum atomic E-state index is -0.948. The van der Waals surface area contributed by atoms with Crippen molar-refractivity contribution in [3.05, 3.63) is 0 Å². The fraction of sp³-hybridized carbons (Fsp3) is 0.889. The lowest BCUT2D eigenvalue weighted by atomic mass is 10.0. The first-order valence-corrected chi connectivity index (χ1v) is 4.76. The molecule has 0 spiro atoms. The smallest absolute Gasteiger partial charge is 0.222 e. The van der Waals surface area contributed by atoms with Crippen LogP contribution in [0.5, 0.6) is 0 Å². The highest BCUT2D eigenvalue weighted by atomic mass is 19.1. The molecule has 0 bridgehead atoms. The molecule has 76 valence electrons. The maximum absolute atomic E-state index is 13.2. The van der Waals surface area contributed by atoms with E-state index in [1.807, 2.05) is 13.8 Å². The third-order valence-corrected chi connectivity index (χ3v) is 2.26. The van der Waals surface area contributed by atoms with E-state index >= 15 is 0 Å². The fourth-order valence-electron chi connectivity index (χ4n) is 1.33.